The van der Waals surface area contributed by atoms with E-state index in [1.807, 2.05) is 0 Å². The minimum absolute atomic E-state index is 0.169. The molecule has 1 saturated heterocycles. The zero-order valence-electron chi connectivity index (χ0n) is 13.7. The second kappa shape index (κ2) is 4.47. The van der Waals surface area contributed by atoms with Gasteiger partial charge in [0, 0.05) is 18.4 Å². The van der Waals surface area contributed by atoms with Gasteiger partial charge in [-0.25, -0.2) is 17.6 Å². The van der Waals surface area contributed by atoms with Crippen molar-refractivity contribution in [2.45, 2.75) is 74.5 Å². The Kier molecular flexibility index (Phi) is 3.05. The maximum absolute atomic E-state index is 14.0. The van der Waals surface area contributed by atoms with Crippen LogP contribution in [0.2, 0.25) is 0 Å². The molecule has 0 aromatic heterocycles. The van der Waals surface area contributed by atoms with E-state index in [1.54, 1.807) is 0 Å². The summed E-state index contributed by atoms with van der Waals surface area (Å²) < 4.78 is 55.4. The summed E-state index contributed by atoms with van der Waals surface area (Å²) in [5, 5.41) is 12.5. The summed E-state index contributed by atoms with van der Waals surface area (Å²) in [5.74, 6) is -9.29. The molecule has 5 fully saturated rings. The SMILES string of the molecule is CC12CC(NC(=O)C(=O)N3CC(F)(F)[C@H](O)[C@@]34CCC(F)(F)C4)(C1)C2. The third-order valence-corrected chi connectivity index (χ3v) is 6.42. The predicted molar refractivity (Wildman–Crippen MR) is 77.0 cm³/mol. The van der Waals surface area contributed by atoms with Crippen LogP contribution in [-0.2, 0) is 9.59 Å². The summed E-state index contributed by atoms with van der Waals surface area (Å²) in [6, 6.07) is 0. The van der Waals surface area contributed by atoms with Gasteiger partial charge in [0.05, 0.1) is 12.1 Å². The lowest BCUT2D eigenvalue weighted by Crippen LogP contribution is -2.74. The van der Waals surface area contributed by atoms with Crippen molar-refractivity contribution in [2.24, 2.45) is 5.41 Å². The highest BCUT2D eigenvalue weighted by atomic mass is 19.3. The van der Waals surface area contributed by atoms with Crippen LogP contribution < -0.4 is 5.32 Å². The van der Waals surface area contributed by atoms with E-state index in [1.165, 1.54) is 0 Å². The Bertz CT molecular complexity index is 648. The van der Waals surface area contributed by atoms with Crippen LogP contribution in [-0.4, -0.2) is 57.4 Å². The maximum Gasteiger partial charge on any atom is 0.312 e. The van der Waals surface area contributed by atoms with Crippen LogP contribution in [0.5, 0.6) is 0 Å². The number of likely N-dealkylation sites (tertiary alicyclic amines) is 1. The molecule has 5 aliphatic rings. The quantitative estimate of drug-likeness (QED) is 0.547. The molecule has 25 heavy (non-hydrogen) atoms. The summed E-state index contributed by atoms with van der Waals surface area (Å²) in [4.78, 5) is 25.2. The fraction of sp³-hybridized carbons (Fsp3) is 0.875. The van der Waals surface area contributed by atoms with Crippen LogP contribution in [0.25, 0.3) is 0 Å². The Labute approximate surface area is 141 Å². The minimum atomic E-state index is -3.72. The van der Waals surface area contributed by atoms with Gasteiger partial charge in [-0.1, -0.05) is 6.92 Å². The highest BCUT2D eigenvalue weighted by Gasteiger charge is 2.70. The number of amides is 2. The van der Waals surface area contributed by atoms with Gasteiger partial charge in [-0.2, -0.15) is 0 Å². The van der Waals surface area contributed by atoms with E-state index in [-0.39, 0.29) is 5.41 Å². The minimum Gasteiger partial charge on any atom is -0.384 e. The Balaban J connectivity index is 1.55. The Morgan fingerprint density at radius 1 is 1.08 bits per heavy atom. The first kappa shape index (κ1) is 17.1. The van der Waals surface area contributed by atoms with Crippen molar-refractivity contribution in [3.05, 3.63) is 0 Å². The van der Waals surface area contributed by atoms with Crippen molar-refractivity contribution in [2.75, 3.05) is 6.54 Å². The molecule has 2 amide bonds. The zero-order chi connectivity index (χ0) is 18.5. The third-order valence-electron chi connectivity index (χ3n) is 6.42. The molecule has 4 saturated carbocycles. The van der Waals surface area contributed by atoms with Gasteiger partial charge in [0.2, 0.25) is 0 Å². The molecule has 0 radical (unpaired) electrons. The van der Waals surface area contributed by atoms with E-state index in [9.17, 15) is 32.3 Å². The zero-order valence-corrected chi connectivity index (χ0v) is 13.7. The topological polar surface area (TPSA) is 69.6 Å². The van der Waals surface area contributed by atoms with Crippen molar-refractivity contribution in [3.63, 3.8) is 0 Å². The average molecular weight is 364 g/mol. The number of rotatable bonds is 1. The molecule has 140 valence electrons. The molecule has 2 N–H and O–H groups in total. The van der Waals surface area contributed by atoms with Crippen LogP contribution in [0, 0.1) is 5.41 Å². The maximum atomic E-state index is 14.0. The second-order valence-corrected chi connectivity index (χ2v) is 8.77. The van der Waals surface area contributed by atoms with E-state index >= 15 is 0 Å². The Morgan fingerprint density at radius 3 is 2.16 bits per heavy atom. The molecule has 1 aliphatic heterocycles. The number of carbonyl (C=O) groups excluding carboxylic acids is 2. The van der Waals surface area contributed by atoms with Gasteiger partial charge >= 0.3 is 11.8 Å². The molecular weight excluding hydrogens is 344 g/mol. The lowest BCUT2D eigenvalue weighted by molar-refractivity contribution is -0.167. The fourth-order valence-electron chi connectivity index (χ4n) is 5.60. The average Bonchev–Trinajstić information content (AvgIpc) is 2.85. The molecule has 1 spiro atoms. The normalized spacial score (nSPS) is 45.8. The molecule has 4 aliphatic carbocycles. The molecular formula is C16H20F4N2O3. The van der Waals surface area contributed by atoms with Crippen LogP contribution in [0.1, 0.15) is 45.4 Å². The van der Waals surface area contributed by atoms with E-state index in [0.717, 1.165) is 19.3 Å². The van der Waals surface area contributed by atoms with Crippen molar-refractivity contribution in [1.82, 2.24) is 10.2 Å². The summed E-state index contributed by atoms with van der Waals surface area (Å²) in [6.45, 7) is 0.830. The van der Waals surface area contributed by atoms with Gasteiger partial charge in [-0.3, -0.25) is 9.59 Å². The number of alkyl halides is 4. The lowest BCUT2D eigenvalue weighted by Gasteiger charge is -2.69. The first-order chi connectivity index (χ1) is 11.3. The molecule has 5 nitrogen and oxygen atoms in total. The largest absolute Gasteiger partial charge is 0.384 e. The van der Waals surface area contributed by atoms with Crippen LogP contribution >= 0.6 is 0 Å². The van der Waals surface area contributed by atoms with Crippen molar-refractivity contribution in [3.8, 4) is 0 Å². The number of halogens is 4. The molecule has 1 heterocycles. The molecule has 2 bridgehead atoms. The fourth-order valence-corrected chi connectivity index (χ4v) is 5.60. The predicted octanol–water partition coefficient (Wildman–Crippen LogP) is 1.44. The number of nitrogens with one attached hydrogen (secondary N) is 1. The second-order valence-electron chi connectivity index (χ2n) is 8.77. The standard InChI is InChI=1S/C16H20F4N2O3/c1-12-4-13(5-12,6-12)21-9(23)10(24)22-8-16(19,20)11(25)14(22)2-3-15(17,18)7-14/h11,25H,2-8H2,1H3,(H,21,23)/t11-,12?,13?,14+/m1/s1. The van der Waals surface area contributed by atoms with Gasteiger partial charge in [-0.15, -0.1) is 0 Å². The Morgan fingerprint density at radius 2 is 1.68 bits per heavy atom. The summed E-state index contributed by atoms with van der Waals surface area (Å²) in [5.41, 5.74) is -2.39. The number of nitrogens with zero attached hydrogens (tertiary/aromatic N) is 1. The molecule has 0 aromatic carbocycles. The molecule has 5 rings (SSSR count). The van der Waals surface area contributed by atoms with E-state index in [4.69, 9.17) is 0 Å². The Hall–Kier alpha value is -1.38. The summed E-state index contributed by atoms with van der Waals surface area (Å²) in [7, 11) is 0. The van der Waals surface area contributed by atoms with Crippen LogP contribution in [0.3, 0.4) is 0 Å². The monoisotopic (exact) mass is 364 g/mol. The third kappa shape index (κ3) is 2.23. The first-order valence-electron chi connectivity index (χ1n) is 8.40. The number of aliphatic hydroxyl groups is 1. The van der Waals surface area contributed by atoms with Crippen molar-refractivity contribution < 1.29 is 32.3 Å². The van der Waals surface area contributed by atoms with E-state index < -0.39 is 66.6 Å². The molecule has 2 atom stereocenters. The summed E-state index contributed by atoms with van der Waals surface area (Å²) >= 11 is 0. The van der Waals surface area contributed by atoms with Gasteiger partial charge in [0.15, 0.2) is 0 Å². The first-order valence-corrected chi connectivity index (χ1v) is 8.40. The van der Waals surface area contributed by atoms with Gasteiger partial charge in [0.25, 0.3) is 11.8 Å². The molecule has 0 unspecified atom stereocenters. The number of hydrogen-bond donors (Lipinski definition) is 2. The van der Waals surface area contributed by atoms with E-state index in [2.05, 4.69) is 12.2 Å². The van der Waals surface area contributed by atoms with E-state index in [0.29, 0.717) is 4.90 Å². The number of aliphatic hydroxyl groups excluding tert-OH is 1. The molecule has 0 aromatic rings. The van der Waals surface area contributed by atoms with Crippen LogP contribution in [0.4, 0.5) is 17.6 Å². The summed E-state index contributed by atoms with van der Waals surface area (Å²) in [6.07, 6.45) is -2.45. The number of hydrogen-bond acceptors (Lipinski definition) is 3. The van der Waals surface area contributed by atoms with Crippen LogP contribution in [0.15, 0.2) is 0 Å². The molecule has 9 heteroatoms. The van der Waals surface area contributed by atoms with Gasteiger partial charge < -0.3 is 15.3 Å². The van der Waals surface area contributed by atoms with Gasteiger partial charge in [-0.05, 0) is 31.1 Å². The van der Waals surface area contributed by atoms with Crippen molar-refractivity contribution in [1.29, 1.82) is 0 Å². The highest BCUT2D eigenvalue weighted by molar-refractivity contribution is 6.35. The van der Waals surface area contributed by atoms with Gasteiger partial charge in [0.1, 0.15) is 6.10 Å². The van der Waals surface area contributed by atoms with Crippen molar-refractivity contribution >= 4 is 11.8 Å². The lowest BCUT2D eigenvalue weighted by atomic mass is 9.40. The number of carbonyl (C=O) groups is 2. The smallest absolute Gasteiger partial charge is 0.312 e. The highest BCUT2D eigenvalue weighted by Crippen LogP contribution is 2.66.